The van der Waals surface area contributed by atoms with E-state index in [4.69, 9.17) is 5.11 Å². The summed E-state index contributed by atoms with van der Waals surface area (Å²) in [5.41, 5.74) is 1.50. The van der Waals surface area contributed by atoms with Crippen LogP contribution in [0.2, 0.25) is 0 Å². The van der Waals surface area contributed by atoms with Crippen molar-refractivity contribution in [1.29, 1.82) is 0 Å². The van der Waals surface area contributed by atoms with E-state index in [2.05, 4.69) is 4.84 Å². The monoisotopic (exact) mass is 296 g/mol. The lowest BCUT2D eigenvalue weighted by atomic mass is 9.98. The van der Waals surface area contributed by atoms with Crippen molar-refractivity contribution in [2.75, 3.05) is 0 Å². The topological polar surface area (TPSA) is 136 Å². The molecule has 0 aromatic heterocycles. The zero-order chi connectivity index (χ0) is 16.0. The first-order chi connectivity index (χ1) is 9.82. The first kappa shape index (κ1) is 16.1. The minimum absolute atomic E-state index is 0.0784. The molecule has 0 spiro atoms. The molecular weight excluding hydrogens is 284 g/mol. The van der Waals surface area contributed by atoms with Crippen molar-refractivity contribution in [2.45, 2.75) is 13.3 Å². The van der Waals surface area contributed by atoms with Crippen molar-refractivity contribution >= 4 is 23.5 Å². The van der Waals surface area contributed by atoms with E-state index in [1.54, 1.807) is 5.48 Å². The third-order valence-electron chi connectivity index (χ3n) is 2.49. The molecule has 0 bridgehead atoms. The summed E-state index contributed by atoms with van der Waals surface area (Å²) in [5, 5.41) is 19.9. The molecule has 0 saturated heterocycles. The summed E-state index contributed by atoms with van der Waals surface area (Å²) in [4.78, 5) is 47.8. The van der Waals surface area contributed by atoms with Gasteiger partial charge in [-0.15, -0.1) is 0 Å². The summed E-state index contributed by atoms with van der Waals surface area (Å²) in [6.07, 6.45) is -0.426. The van der Waals surface area contributed by atoms with Gasteiger partial charge in [-0.05, 0) is 0 Å². The molecule has 0 fully saturated rings. The van der Waals surface area contributed by atoms with Crippen molar-refractivity contribution in [3.05, 3.63) is 39.9 Å². The summed E-state index contributed by atoms with van der Waals surface area (Å²) in [5.74, 6) is -5.07. The van der Waals surface area contributed by atoms with Gasteiger partial charge in [-0.3, -0.25) is 19.7 Å². The number of nitro benzene ring substituents is 1. The number of carboxylic acids is 1. The van der Waals surface area contributed by atoms with Crippen molar-refractivity contribution < 1.29 is 29.3 Å². The largest absolute Gasteiger partial charge is 0.481 e. The summed E-state index contributed by atoms with van der Waals surface area (Å²) >= 11 is 0. The van der Waals surface area contributed by atoms with E-state index in [0.29, 0.717) is 0 Å². The van der Waals surface area contributed by atoms with Crippen LogP contribution in [0.5, 0.6) is 0 Å². The van der Waals surface area contributed by atoms with E-state index in [1.807, 2.05) is 0 Å². The summed E-state index contributed by atoms with van der Waals surface area (Å²) in [6.45, 7) is 1.07. The highest BCUT2D eigenvalue weighted by Gasteiger charge is 2.31. The molecule has 0 aliphatic heterocycles. The standard InChI is InChI=1S/C12H12N2O7/c1-7(15)13-21-12(18)9(11(16)17)6-8-4-2-3-5-10(8)14(19)20/h2-5,9H,6H2,1H3,(H,13,15)(H,16,17). The SMILES string of the molecule is CC(=O)NOC(=O)C(Cc1ccccc1[N+](=O)[O-])C(=O)O. The Morgan fingerprint density at radius 2 is 2.00 bits per heavy atom. The van der Waals surface area contributed by atoms with Gasteiger partial charge in [0.15, 0.2) is 5.92 Å². The maximum absolute atomic E-state index is 11.6. The molecule has 0 aliphatic carbocycles. The number of nitro groups is 1. The van der Waals surface area contributed by atoms with Gasteiger partial charge >= 0.3 is 11.9 Å². The molecule has 9 heteroatoms. The zero-order valence-corrected chi connectivity index (χ0v) is 10.9. The minimum Gasteiger partial charge on any atom is -0.481 e. The molecule has 1 amide bonds. The molecule has 1 atom stereocenters. The van der Waals surface area contributed by atoms with Crippen molar-refractivity contribution in [3.63, 3.8) is 0 Å². The Morgan fingerprint density at radius 1 is 1.38 bits per heavy atom. The molecule has 1 rings (SSSR count). The Morgan fingerprint density at radius 3 is 2.52 bits per heavy atom. The molecule has 2 N–H and O–H groups in total. The van der Waals surface area contributed by atoms with Gasteiger partial charge in [-0.25, -0.2) is 4.79 Å². The number of hydroxylamine groups is 1. The van der Waals surface area contributed by atoms with Gasteiger partial charge in [0.2, 0.25) is 5.91 Å². The van der Waals surface area contributed by atoms with E-state index >= 15 is 0 Å². The molecule has 1 aromatic carbocycles. The molecule has 0 radical (unpaired) electrons. The van der Waals surface area contributed by atoms with Crippen molar-refractivity contribution in [1.82, 2.24) is 5.48 Å². The van der Waals surface area contributed by atoms with Crippen LogP contribution in [0.1, 0.15) is 12.5 Å². The van der Waals surface area contributed by atoms with Gasteiger partial charge in [0.25, 0.3) is 5.69 Å². The maximum Gasteiger partial charge on any atom is 0.346 e. The number of benzene rings is 1. The van der Waals surface area contributed by atoms with E-state index in [-0.39, 0.29) is 11.3 Å². The quantitative estimate of drug-likeness (QED) is 0.456. The molecule has 1 aromatic rings. The van der Waals surface area contributed by atoms with Crippen LogP contribution in [0.4, 0.5) is 5.69 Å². The maximum atomic E-state index is 11.6. The Hall–Kier alpha value is -2.97. The third kappa shape index (κ3) is 4.56. The Bertz CT molecular complexity index is 585. The van der Waals surface area contributed by atoms with Crippen LogP contribution in [-0.4, -0.2) is 27.9 Å². The fourth-order valence-electron chi connectivity index (χ4n) is 1.55. The highest BCUT2D eigenvalue weighted by molar-refractivity contribution is 5.94. The van der Waals surface area contributed by atoms with Gasteiger partial charge in [0.1, 0.15) is 0 Å². The second kappa shape index (κ2) is 6.98. The van der Waals surface area contributed by atoms with Crippen LogP contribution in [0.15, 0.2) is 24.3 Å². The van der Waals surface area contributed by atoms with Gasteiger partial charge < -0.3 is 9.94 Å². The Labute approximate surface area is 118 Å². The van der Waals surface area contributed by atoms with Crippen LogP contribution in [0.25, 0.3) is 0 Å². The highest BCUT2D eigenvalue weighted by atomic mass is 16.7. The minimum atomic E-state index is -1.67. The molecule has 0 saturated carbocycles. The van der Waals surface area contributed by atoms with Gasteiger partial charge in [-0.2, -0.15) is 5.48 Å². The molecular formula is C12H12N2O7. The van der Waals surface area contributed by atoms with Crippen LogP contribution in [0, 0.1) is 16.0 Å². The number of carboxylic acid groups (broad SMARTS) is 1. The number of para-hydroxylation sites is 1. The number of hydrogen-bond acceptors (Lipinski definition) is 6. The first-order valence-corrected chi connectivity index (χ1v) is 5.75. The van der Waals surface area contributed by atoms with E-state index < -0.39 is 35.1 Å². The van der Waals surface area contributed by atoms with Gasteiger partial charge in [-0.1, -0.05) is 18.2 Å². The number of rotatable bonds is 5. The number of carbonyl (C=O) groups is 3. The lowest BCUT2D eigenvalue weighted by Gasteiger charge is -2.11. The van der Waals surface area contributed by atoms with E-state index in [1.165, 1.54) is 24.3 Å². The van der Waals surface area contributed by atoms with Crippen LogP contribution in [-0.2, 0) is 25.6 Å². The van der Waals surface area contributed by atoms with Crippen LogP contribution >= 0.6 is 0 Å². The fourth-order valence-corrected chi connectivity index (χ4v) is 1.55. The van der Waals surface area contributed by atoms with E-state index in [0.717, 1.165) is 6.92 Å². The molecule has 0 aliphatic rings. The van der Waals surface area contributed by atoms with Gasteiger partial charge in [0.05, 0.1) is 4.92 Å². The predicted molar refractivity (Wildman–Crippen MR) is 67.8 cm³/mol. The summed E-state index contributed by atoms with van der Waals surface area (Å²) < 4.78 is 0. The number of amides is 1. The summed E-state index contributed by atoms with van der Waals surface area (Å²) in [7, 11) is 0. The zero-order valence-electron chi connectivity index (χ0n) is 10.9. The molecule has 1 unspecified atom stereocenters. The third-order valence-corrected chi connectivity index (χ3v) is 2.49. The summed E-state index contributed by atoms with van der Waals surface area (Å²) in [6, 6.07) is 5.46. The molecule has 0 heterocycles. The molecule has 112 valence electrons. The predicted octanol–water partition coefficient (Wildman–Crippen LogP) is 0.432. The van der Waals surface area contributed by atoms with Crippen LogP contribution in [0.3, 0.4) is 0 Å². The lowest BCUT2D eigenvalue weighted by molar-refractivity contribution is -0.385. The highest BCUT2D eigenvalue weighted by Crippen LogP contribution is 2.21. The second-order valence-electron chi connectivity index (χ2n) is 4.06. The van der Waals surface area contributed by atoms with Crippen LogP contribution < -0.4 is 5.48 Å². The average molecular weight is 296 g/mol. The number of carbonyl (C=O) groups excluding carboxylic acids is 2. The second-order valence-corrected chi connectivity index (χ2v) is 4.06. The number of aliphatic carboxylic acids is 1. The number of hydrogen-bond donors (Lipinski definition) is 2. The van der Waals surface area contributed by atoms with E-state index in [9.17, 15) is 24.5 Å². The Balaban J connectivity index is 2.94. The first-order valence-electron chi connectivity index (χ1n) is 5.75. The number of nitrogens with zero attached hydrogens (tertiary/aromatic N) is 1. The molecule has 21 heavy (non-hydrogen) atoms. The number of nitrogens with one attached hydrogen (secondary N) is 1. The molecule has 9 nitrogen and oxygen atoms in total. The lowest BCUT2D eigenvalue weighted by Crippen LogP contribution is -2.34. The van der Waals surface area contributed by atoms with Crippen molar-refractivity contribution in [2.24, 2.45) is 5.92 Å². The normalized spacial score (nSPS) is 11.3. The van der Waals surface area contributed by atoms with Gasteiger partial charge in [0, 0.05) is 25.0 Å². The smallest absolute Gasteiger partial charge is 0.346 e. The van der Waals surface area contributed by atoms with Crippen molar-refractivity contribution in [3.8, 4) is 0 Å². The average Bonchev–Trinajstić information content (AvgIpc) is 2.42. The Kier molecular flexibility index (Phi) is 5.35. The fraction of sp³-hybridized carbons (Fsp3) is 0.250.